The van der Waals surface area contributed by atoms with Crippen LogP contribution < -0.4 is 15.5 Å². The molecule has 4 aliphatic rings. The highest BCUT2D eigenvalue weighted by atomic mass is 32.2. The highest BCUT2D eigenvalue weighted by Gasteiger charge is 2.51. The molecule has 4 amide bonds. The second kappa shape index (κ2) is 11.1. The molecule has 40 heavy (non-hydrogen) atoms. The zero-order chi connectivity index (χ0) is 28.8. The summed E-state index contributed by atoms with van der Waals surface area (Å²) in [7, 11) is -3.50. The number of nitrogens with zero attached hydrogens (tertiary/aromatic N) is 2. The van der Waals surface area contributed by atoms with Crippen molar-refractivity contribution in [3.63, 3.8) is 0 Å². The third kappa shape index (κ3) is 5.53. The fourth-order valence-corrected chi connectivity index (χ4v) is 9.01. The largest absolute Gasteiger partial charge is 0.353 e. The minimum atomic E-state index is -3.50. The van der Waals surface area contributed by atoms with Gasteiger partial charge in [0.25, 0.3) is 5.91 Å². The SMILES string of the molecule is Cc1cc(N2C(=O)CNC2=O)cc(C)c1CCS(=O)(=O)N1CCC2(CC1)CC(C1CCC(C(C)C)CC1)NC2=O. The summed E-state index contributed by atoms with van der Waals surface area (Å²) >= 11 is 0. The number of aryl methyl sites for hydroxylation is 2. The van der Waals surface area contributed by atoms with E-state index in [4.69, 9.17) is 0 Å². The fourth-order valence-electron chi connectivity index (χ4n) is 7.55. The lowest BCUT2D eigenvalue weighted by atomic mass is 9.71. The summed E-state index contributed by atoms with van der Waals surface area (Å²) < 4.78 is 28.3. The normalized spacial score (nSPS) is 27.5. The van der Waals surface area contributed by atoms with Gasteiger partial charge in [0, 0.05) is 19.1 Å². The van der Waals surface area contributed by atoms with Gasteiger partial charge in [-0.25, -0.2) is 22.4 Å². The quantitative estimate of drug-likeness (QED) is 0.484. The van der Waals surface area contributed by atoms with Crippen LogP contribution in [0.15, 0.2) is 12.1 Å². The van der Waals surface area contributed by atoms with Gasteiger partial charge in [0.05, 0.1) is 23.4 Å². The summed E-state index contributed by atoms with van der Waals surface area (Å²) in [5, 5.41) is 5.84. The Morgan fingerprint density at radius 3 is 2.17 bits per heavy atom. The first-order valence-electron chi connectivity index (χ1n) is 14.9. The number of imide groups is 1. The Hall–Kier alpha value is -2.46. The molecular weight excluding hydrogens is 528 g/mol. The van der Waals surface area contributed by atoms with Crippen LogP contribution in [0.2, 0.25) is 0 Å². The standard InChI is InChI=1S/C30H44N4O5S/c1-19(2)22-5-7-23(8-6-22)26-17-30(28(36)32-26)10-12-33(13-11-30)40(38,39)14-9-25-20(3)15-24(16-21(25)4)34-27(35)18-31-29(34)37/h15-16,19,22-23,26H,5-14,17-18H2,1-4H3,(H,31,37)(H,32,36). The molecule has 0 radical (unpaired) electrons. The van der Waals surface area contributed by atoms with Gasteiger partial charge in [-0.3, -0.25) is 9.59 Å². The van der Waals surface area contributed by atoms with Crippen LogP contribution in [-0.4, -0.2) is 62.0 Å². The number of anilines is 1. The summed E-state index contributed by atoms with van der Waals surface area (Å²) in [6.45, 7) is 9.11. The Morgan fingerprint density at radius 1 is 1.00 bits per heavy atom. The predicted octanol–water partition coefficient (Wildman–Crippen LogP) is 3.67. The van der Waals surface area contributed by atoms with Crippen LogP contribution in [0.5, 0.6) is 0 Å². The van der Waals surface area contributed by atoms with Crippen LogP contribution in [0, 0.1) is 37.0 Å². The molecule has 220 valence electrons. The van der Waals surface area contributed by atoms with E-state index in [-0.39, 0.29) is 30.2 Å². The molecule has 1 spiro atoms. The summed E-state index contributed by atoms with van der Waals surface area (Å²) in [4.78, 5) is 38.4. The van der Waals surface area contributed by atoms with Crippen molar-refractivity contribution in [1.82, 2.24) is 14.9 Å². The number of piperidine rings is 1. The molecule has 1 atom stereocenters. The molecule has 0 bridgehead atoms. The van der Waals surface area contributed by atoms with E-state index in [1.807, 2.05) is 13.8 Å². The lowest BCUT2D eigenvalue weighted by Gasteiger charge is -2.37. The fraction of sp³-hybridized carbons (Fsp3) is 0.700. The monoisotopic (exact) mass is 572 g/mol. The molecule has 1 unspecified atom stereocenters. The molecule has 4 fully saturated rings. The molecule has 1 aromatic carbocycles. The number of rotatable bonds is 7. The molecule has 10 heteroatoms. The molecule has 9 nitrogen and oxygen atoms in total. The van der Waals surface area contributed by atoms with E-state index >= 15 is 0 Å². The van der Waals surface area contributed by atoms with Gasteiger partial charge < -0.3 is 10.6 Å². The van der Waals surface area contributed by atoms with E-state index in [2.05, 4.69) is 24.5 Å². The Bertz CT molecular complexity index is 1240. The van der Waals surface area contributed by atoms with E-state index in [1.165, 1.54) is 25.7 Å². The lowest BCUT2D eigenvalue weighted by molar-refractivity contribution is -0.129. The molecular formula is C30H44N4O5S. The number of amides is 4. The first kappa shape index (κ1) is 29.0. The van der Waals surface area contributed by atoms with Gasteiger partial charge in [-0.1, -0.05) is 13.8 Å². The number of carbonyl (C=O) groups excluding carboxylic acids is 3. The second-order valence-corrected chi connectivity index (χ2v) is 15.0. The molecule has 3 heterocycles. The molecule has 0 aromatic heterocycles. The van der Waals surface area contributed by atoms with Crippen LogP contribution in [0.4, 0.5) is 10.5 Å². The van der Waals surface area contributed by atoms with Crippen molar-refractivity contribution in [3.8, 4) is 0 Å². The molecule has 1 aliphatic carbocycles. The maximum absolute atomic E-state index is 13.3. The molecule has 1 aromatic rings. The van der Waals surface area contributed by atoms with Crippen LogP contribution in [0.1, 0.15) is 75.5 Å². The third-order valence-electron chi connectivity index (χ3n) is 10.2. The van der Waals surface area contributed by atoms with E-state index < -0.39 is 21.5 Å². The number of carbonyl (C=O) groups is 3. The average molecular weight is 573 g/mol. The topological polar surface area (TPSA) is 116 Å². The molecule has 3 saturated heterocycles. The molecule has 5 rings (SSSR count). The minimum Gasteiger partial charge on any atom is -0.353 e. The number of nitrogens with one attached hydrogen (secondary N) is 2. The van der Waals surface area contributed by atoms with Crippen LogP contribution in [0.3, 0.4) is 0 Å². The van der Waals surface area contributed by atoms with Crippen molar-refractivity contribution < 1.29 is 22.8 Å². The molecule has 1 saturated carbocycles. The first-order valence-corrected chi connectivity index (χ1v) is 16.5. The lowest BCUT2D eigenvalue weighted by Crippen LogP contribution is -2.46. The summed E-state index contributed by atoms with van der Waals surface area (Å²) in [6, 6.07) is 3.32. The molecule has 2 N–H and O–H groups in total. The summed E-state index contributed by atoms with van der Waals surface area (Å²) in [5.74, 6) is 1.85. The van der Waals surface area contributed by atoms with E-state index in [1.54, 1.807) is 16.4 Å². The van der Waals surface area contributed by atoms with E-state index in [9.17, 15) is 22.8 Å². The summed E-state index contributed by atoms with van der Waals surface area (Å²) in [6.07, 6.45) is 7.16. The maximum Gasteiger partial charge on any atom is 0.329 e. The summed E-state index contributed by atoms with van der Waals surface area (Å²) in [5.41, 5.74) is 2.69. The zero-order valence-corrected chi connectivity index (χ0v) is 25.1. The Morgan fingerprint density at radius 2 is 1.62 bits per heavy atom. The highest BCUT2D eigenvalue weighted by Crippen LogP contribution is 2.45. The van der Waals surface area contributed by atoms with Gasteiger partial charge >= 0.3 is 6.03 Å². The van der Waals surface area contributed by atoms with Gasteiger partial charge in [-0.15, -0.1) is 0 Å². The molecule has 3 aliphatic heterocycles. The van der Waals surface area contributed by atoms with Crippen molar-refractivity contribution in [3.05, 3.63) is 28.8 Å². The third-order valence-corrected chi connectivity index (χ3v) is 12.1. The highest BCUT2D eigenvalue weighted by molar-refractivity contribution is 7.89. The van der Waals surface area contributed by atoms with Gasteiger partial charge in [0.2, 0.25) is 15.9 Å². The zero-order valence-electron chi connectivity index (χ0n) is 24.3. The Labute approximate surface area is 238 Å². The van der Waals surface area contributed by atoms with Crippen LogP contribution in [-0.2, 0) is 26.0 Å². The van der Waals surface area contributed by atoms with Gasteiger partial charge in [-0.05, 0) is 112 Å². The van der Waals surface area contributed by atoms with Crippen LogP contribution in [0.25, 0.3) is 0 Å². The van der Waals surface area contributed by atoms with Gasteiger partial charge in [0.1, 0.15) is 0 Å². The second-order valence-electron chi connectivity index (χ2n) is 12.9. The van der Waals surface area contributed by atoms with Crippen molar-refractivity contribution in [1.29, 1.82) is 0 Å². The Balaban J connectivity index is 1.17. The van der Waals surface area contributed by atoms with Gasteiger partial charge in [-0.2, -0.15) is 0 Å². The number of benzene rings is 1. The van der Waals surface area contributed by atoms with Crippen molar-refractivity contribution in [2.75, 3.05) is 30.3 Å². The Kier molecular flexibility index (Phi) is 8.05. The van der Waals surface area contributed by atoms with Gasteiger partial charge in [0.15, 0.2) is 0 Å². The number of sulfonamides is 1. The minimum absolute atomic E-state index is 0.0158. The first-order chi connectivity index (χ1) is 18.9. The van der Waals surface area contributed by atoms with E-state index in [0.717, 1.165) is 33.9 Å². The van der Waals surface area contributed by atoms with Crippen LogP contribution >= 0.6 is 0 Å². The van der Waals surface area contributed by atoms with Crippen molar-refractivity contribution >= 4 is 33.6 Å². The van der Waals surface area contributed by atoms with Crippen molar-refractivity contribution in [2.24, 2.45) is 23.2 Å². The smallest absolute Gasteiger partial charge is 0.329 e. The number of hydrogen-bond donors (Lipinski definition) is 2. The predicted molar refractivity (Wildman–Crippen MR) is 154 cm³/mol. The maximum atomic E-state index is 13.3. The number of urea groups is 1. The number of hydrogen-bond acceptors (Lipinski definition) is 5. The van der Waals surface area contributed by atoms with E-state index in [0.29, 0.717) is 49.9 Å². The van der Waals surface area contributed by atoms with Crippen molar-refractivity contribution in [2.45, 2.75) is 85.1 Å². The average Bonchev–Trinajstić information content (AvgIpc) is 3.41.